The number of ketones is 1. The van der Waals surface area contributed by atoms with Gasteiger partial charge in [-0.05, 0) is 5.92 Å². The number of hydrogen-bond donors (Lipinski definition) is 1. The molecule has 5 nitrogen and oxygen atoms in total. The number of nitrogens with two attached hydrogens (primary N) is 1. The molecule has 0 aromatic heterocycles. The molecule has 0 amide bonds. The number of Topliss-reactive ketones (excluding diaryl/α,β-unsaturated/α-hetero) is 1. The van der Waals surface area contributed by atoms with E-state index in [1.54, 1.807) is 0 Å². The standard InChI is InChI=1S/C9H13NO4/c1-4(2)7-6(11)5(8(10)14-7)9(12)13-3/h4,7H,10H2,1-3H3/t7-/m0/s1. The topological polar surface area (TPSA) is 78.6 Å². The minimum absolute atomic E-state index is 0.0248. The van der Waals surface area contributed by atoms with Gasteiger partial charge in [0.1, 0.15) is 0 Å². The highest BCUT2D eigenvalue weighted by Crippen LogP contribution is 2.24. The van der Waals surface area contributed by atoms with Gasteiger partial charge in [0.15, 0.2) is 11.7 Å². The third-order valence-electron chi connectivity index (χ3n) is 2.00. The van der Waals surface area contributed by atoms with E-state index in [0.29, 0.717) is 0 Å². The zero-order chi connectivity index (χ0) is 10.9. The van der Waals surface area contributed by atoms with E-state index in [1.165, 1.54) is 7.11 Å². The van der Waals surface area contributed by atoms with Crippen molar-refractivity contribution < 1.29 is 19.1 Å². The summed E-state index contributed by atoms with van der Waals surface area (Å²) < 4.78 is 9.50. The second-order valence-electron chi connectivity index (χ2n) is 3.38. The molecule has 1 heterocycles. The van der Waals surface area contributed by atoms with E-state index < -0.39 is 17.9 Å². The van der Waals surface area contributed by atoms with Crippen molar-refractivity contribution >= 4 is 11.8 Å². The molecule has 14 heavy (non-hydrogen) atoms. The maximum atomic E-state index is 11.6. The van der Waals surface area contributed by atoms with Gasteiger partial charge in [0.05, 0.1) is 7.11 Å². The summed E-state index contributed by atoms with van der Waals surface area (Å²) in [5.74, 6) is -1.30. The fraction of sp³-hybridized carbons (Fsp3) is 0.556. The Balaban J connectivity index is 2.93. The second-order valence-corrected chi connectivity index (χ2v) is 3.38. The first-order valence-electron chi connectivity index (χ1n) is 4.28. The SMILES string of the molecule is COC(=O)C1=C(N)O[C@@H](C(C)C)C1=O. The van der Waals surface area contributed by atoms with E-state index in [-0.39, 0.29) is 17.4 Å². The van der Waals surface area contributed by atoms with Crippen molar-refractivity contribution in [3.05, 3.63) is 11.5 Å². The lowest BCUT2D eigenvalue weighted by Gasteiger charge is -2.12. The molecular weight excluding hydrogens is 186 g/mol. The lowest BCUT2D eigenvalue weighted by atomic mass is 10.0. The predicted molar refractivity (Wildman–Crippen MR) is 47.9 cm³/mol. The van der Waals surface area contributed by atoms with Crippen LogP contribution in [0.15, 0.2) is 11.5 Å². The van der Waals surface area contributed by atoms with Crippen molar-refractivity contribution in [2.75, 3.05) is 7.11 Å². The van der Waals surface area contributed by atoms with E-state index in [9.17, 15) is 9.59 Å². The molecule has 2 N–H and O–H groups in total. The molecule has 0 saturated carbocycles. The van der Waals surface area contributed by atoms with Crippen LogP contribution in [0.25, 0.3) is 0 Å². The number of rotatable bonds is 2. The minimum Gasteiger partial charge on any atom is -0.467 e. The van der Waals surface area contributed by atoms with Crippen LogP contribution in [0.3, 0.4) is 0 Å². The van der Waals surface area contributed by atoms with Crippen molar-refractivity contribution in [3.63, 3.8) is 0 Å². The molecule has 0 radical (unpaired) electrons. The second kappa shape index (κ2) is 3.69. The van der Waals surface area contributed by atoms with E-state index in [4.69, 9.17) is 10.5 Å². The van der Waals surface area contributed by atoms with Crippen molar-refractivity contribution in [1.82, 2.24) is 0 Å². The third-order valence-corrected chi connectivity index (χ3v) is 2.00. The summed E-state index contributed by atoms with van der Waals surface area (Å²) in [5, 5.41) is 0. The Bertz CT molecular complexity index is 306. The highest BCUT2D eigenvalue weighted by atomic mass is 16.5. The van der Waals surface area contributed by atoms with Gasteiger partial charge in [-0.2, -0.15) is 0 Å². The number of carbonyl (C=O) groups is 2. The Kier molecular flexibility index (Phi) is 2.78. The zero-order valence-electron chi connectivity index (χ0n) is 8.37. The molecule has 0 aromatic carbocycles. The van der Waals surface area contributed by atoms with Crippen LogP contribution in [0, 0.1) is 5.92 Å². The summed E-state index contributed by atoms with van der Waals surface area (Å²) in [6.45, 7) is 3.63. The first-order chi connectivity index (χ1) is 6.49. The number of carbonyl (C=O) groups excluding carboxylic acids is 2. The van der Waals surface area contributed by atoms with E-state index in [1.807, 2.05) is 13.8 Å². The average Bonchev–Trinajstić information content (AvgIpc) is 2.41. The smallest absolute Gasteiger partial charge is 0.347 e. The van der Waals surface area contributed by atoms with Crippen molar-refractivity contribution in [2.45, 2.75) is 20.0 Å². The summed E-state index contributed by atoms with van der Waals surface area (Å²) in [5.41, 5.74) is 5.24. The van der Waals surface area contributed by atoms with Crippen LogP contribution in [0.4, 0.5) is 0 Å². The third kappa shape index (κ3) is 1.57. The maximum Gasteiger partial charge on any atom is 0.347 e. The van der Waals surface area contributed by atoms with Crippen LogP contribution in [0.2, 0.25) is 0 Å². The molecule has 78 valence electrons. The summed E-state index contributed by atoms with van der Waals surface area (Å²) in [7, 11) is 1.19. The van der Waals surface area contributed by atoms with Gasteiger partial charge in [-0.3, -0.25) is 4.79 Å². The van der Waals surface area contributed by atoms with Gasteiger partial charge in [-0.1, -0.05) is 13.8 Å². The molecule has 0 unspecified atom stereocenters. The Morgan fingerprint density at radius 3 is 2.50 bits per heavy atom. The van der Waals surface area contributed by atoms with Gasteiger partial charge in [0.25, 0.3) is 0 Å². The first-order valence-corrected chi connectivity index (χ1v) is 4.28. The summed E-state index contributed by atoms with van der Waals surface area (Å²) in [4.78, 5) is 22.7. The summed E-state index contributed by atoms with van der Waals surface area (Å²) in [6, 6.07) is 0. The van der Waals surface area contributed by atoms with Gasteiger partial charge in [0.2, 0.25) is 11.7 Å². The molecule has 0 aromatic rings. The van der Waals surface area contributed by atoms with E-state index in [2.05, 4.69) is 4.74 Å². The fourth-order valence-corrected chi connectivity index (χ4v) is 1.25. The highest BCUT2D eigenvalue weighted by Gasteiger charge is 2.40. The highest BCUT2D eigenvalue weighted by molar-refractivity contribution is 6.20. The molecule has 1 aliphatic heterocycles. The van der Waals surface area contributed by atoms with Gasteiger partial charge >= 0.3 is 5.97 Å². The molecule has 0 fully saturated rings. The Labute approximate surface area is 81.9 Å². The molecule has 1 rings (SSSR count). The number of ether oxygens (including phenoxy) is 2. The molecular formula is C9H13NO4. The monoisotopic (exact) mass is 199 g/mol. The van der Waals surface area contributed by atoms with Crippen LogP contribution in [0.5, 0.6) is 0 Å². The van der Waals surface area contributed by atoms with Gasteiger partial charge in [-0.25, -0.2) is 4.79 Å². The summed E-state index contributed by atoms with van der Waals surface area (Å²) >= 11 is 0. The normalized spacial score (nSPS) is 21.4. The Hall–Kier alpha value is -1.52. The van der Waals surface area contributed by atoms with Crippen LogP contribution in [0.1, 0.15) is 13.8 Å². The number of methoxy groups -OCH3 is 1. The lowest BCUT2D eigenvalue weighted by Crippen LogP contribution is -2.26. The summed E-state index contributed by atoms with van der Waals surface area (Å²) in [6.07, 6.45) is -0.663. The minimum atomic E-state index is -0.740. The van der Waals surface area contributed by atoms with Gasteiger partial charge in [0, 0.05) is 0 Å². The quantitative estimate of drug-likeness (QED) is 0.498. The van der Waals surface area contributed by atoms with Crippen LogP contribution in [-0.2, 0) is 19.1 Å². The average molecular weight is 199 g/mol. The van der Waals surface area contributed by atoms with Crippen molar-refractivity contribution in [2.24, 2.45) is 11.7 Å². The number of hydrogen-bond acceptors (Lipinski definition) is 5. The lowest BCUT2D eigenvalue weighted by molar-refractivity contribution is -0.138. The van der Waals surface area contributed by atoms with Gasteiger partial charge < -0.3 is 15.2 Å². The van der Waals surface area contributed by atoms with Crippen molar-refractivity contribution in [3.8, 4) is 0 Å². The largest absolute Gasteiger partial charge is 0.467 e. The van der Waals surface area contributed by atoms with Crippen LogP contribution in [-0.4, -0.2) is 25.0 Å². The first kappa shape index (κ1) is 10.6. The Morgan fingerprint density at radius 1 is 1.57 bits per heavy atom. The fourth-order valence-electron chi connectivity index (χ4n) is 1.25. The maximum absolute atomic E-state index is 11.6. The molecule has 0 saturated heterocycles. The van der Waals surface area contributed by atoms with E-state index in [0.717, 1.165) is 0 Å². The van der Waals surface area contributed by atoms with Crippen molar-refractivity contribution in [1.29, 1.82) is 0 Å². The molecule has 0 spiro atoms. The van der Waals surface area contributed by atoms with E-state index >= 15 is 0 Å². The van der Waals surface area contributed by atoms with Crippen LogP contribution < -0.4 is 5.73 Å². The predicted octanol–water partition coefficient (Wildman–Crippen LogP) is -0.0464. The number of esters is 1. The molecule has 5 heteroatoms. The molecule has 0 bridgehead atoms. The van der Waals surface area contributed by atoms with Crippen LogP contribution >= 0.6 is 0 Å². The molecule has 1 aliphatic rings. The molecule has 0 aliphatic carbocycles. The molecule has 1 atom stereocenters. The zero-order valence-corrected chi connectivity index (χ0v) is 8.37. The van der Waals surface area contributed by atoms with Gasteiger partial charge in [-0.15, -0.1) is 0 Å². The Morgan fingerprint density at radius 2 is 2.14 bits per heavy atom.